The highest BCUT2D eigenvalue weighted by atomic mass is 35.5. The van der Waals surface area contributed by atoms with Gasteiger partial charge in [-0.1, -0.05) is 35.9 Å². The molecule has 4 heteroatoms. The molecule has 88 valence electrons. The van der Waals surface area contributed by atoms with Gasteiger partial charge in [-0.2, -0.15) is 0 Å². The molecule has 18 heavy (non-hydrogen) atoms. The molecule has 0 saturated heterocycles. The SMILES string of the molecule is N=c1cccc2sc3ccccc3c(N=CCl)c1-2. The molecule has 0 atom stereocenters. The molecule has 1 aromatic rings. The van der Waals surface area contributed by atoms with Crippen LogP contribution in [0.5, 0.6) is 0 Å². The Labute approximate surface area is 113 Å². The average Bonchev–Trinajstić information content (AvgIpc) is 2.39. The minimum Gasteiger partial charge on any atom is -0.300 e. The summed E-state index contributed by atoms with van der Waals surface area (Å²) in [7, 11) is 0. The number of nitrogens with zero attached hydrogens (tertiary/aromatic N) is 1. The lowest BCUT2D eigenvalue weighted by Crippen LogP contribution is -2.03. The van der Waals surface area contributed by atoms with Crippen LogP contribution in [0.2, 0.25) is 0 Å². The largest absolute Gasteiger partial charge is 0.300 e. The van der Waals surface area contributed by atoms with Crippen molar-refractivity contribution < 1.29 is 0 Å². The average molecular weight is 273 g/mol. The third-order valence-electron chi connectivity index (χ3n) is 2.80. The number of aliphatic imine (C=N–C) groups is 1. The van der Waals surface area contributed by atoms with E-state index in [1.807, 2.05) is 30.3 Å². The summed E-state index contributed by atoms with van der Waals surface area (Å²) in [6.45, 7) is 0. The molecule has 0 amide bonds. The Kier molecular flexibility index (Phi) is 2.86. The zero-order valence-corrected chi connectivity index (χ0v) is 10.9. The van der Waals surface area contributed by atoms with Crippen molar-refractivity contribution in [2.45, 2.75) is 0 Å². The molecule has 0 radical (unpaired) electrons. The van der Waals surface area contributed by atoms with Gasteiger partial charge in [0.15, 0.2) is 0 Å². The molecule has 2 aliphatic rings. The second-order valence-corrected chi connectivity index (χ2v) is 5.13. The molecule has 1 N–H and O–H groups in total. The van der Waals surface area contributed by atoms with E-state index < -0.39 is 0 Å². The van der Waals surface area contributed by atoms with Gasteiger partial charge in [0.05, 0.1) is 16.7 Å². The Bertz CT molecular complexity index is 776. The zero-order chi connectivity index (χ0) is 12.5. The van der Waals surface area contributed by atoms with Gasteiger partial charge in [-0.3, -0.25) is 0 Å². The van der Waals surface area contributed by atoms with Crippen LogP contribution in [0.15, 0.2) is 47.5 Å². The molecule has 0 bridgehead atoms. The molecular weight excluding hydrogens is 264 g/mol. The van der Waals surface area contributed by atoms with Crippen molar-refractivity contribution in [2.75, 3.05) is 0 Å². The van der Waals surface area contributed by atoms with Crippen molar-refractivity contribution in [3.05, 3.63) is 47.8 Å². The highest BCUT2D eigenvalue weighted by Gasteiger charge is 2.13. The number of hydrogen-bond donors (Lipinski definition) is 1. The van der Waals surface area contributed by atoms with E-state index in [2.05, 4.69) is 11.1 Å². The highest BCUT2D eigenvalue weighted by Crippen LogP contribution is 2.40. The predicted molar refractivity (Wildman–Crippen MR) is 78.3 cm³/mol. The van der Waals surface area contributed by atoms with Crippen LogP contribution in [0.25, 0.3) is 20.5 Å². The van der Waals surface area contributed by atoms with E-state index in [0.717, 1.165) is 26.2 Å². The minimum absolute atomic E-state index is 0.478. The van der Waals surface area contributed by atoms with Crippen LogP contribution >= 0.6 is 22.9 Å². The summed E-state index contributed by atoms with van der Waals surface area (Å²) in [5.74, 6) is 0. The fourth-order valence-corrected chi connectivity index (χ4v) is 3.26. The Morgan fingerprint density at radius 2 is 1.94 bits per heavy atom. The molecule has 0 spiro atoms. The van der Waals surface area contributed by atoms with Crippen LogP contribution in [0.4, 0.5) is 5.69 Å². The molecule has 3 rings (SSSR count). The fraction of sp³-hybridized carbons (Fsp3) is 0. The normalized spacial score (nSPS) is 11.6. The lowest BCUT2D eigenvalue weighted by Gasteiger charge is -2.11. The second-order valence-electron chi connectivity index (χ2n) is 3.85. The van der Waals surface area contributed by atoms with Gasteiger partial charge in [-0.05, 0) is 18.2 Å². The summed E-state index contributed by atoms with van der Waals surface area (Å²) in [5.41, 5.74) is 2.90. The first kappa shape index (κ1) is 11.4. The molecule has 1 aromatic carbocycles. The first-order valence-corrected chi connectivity index (χ1v) is 6.68. The molecule has 1 aliphatic heterocycles. The maximum Gasteiger partial charge on any atom is 0.0934 e. The summed E-state index contributed by atoms with van der Waals surface area (Å²) in [6.07, 6.45) is 0. The molecular formula is C14H9ClN2S. The van der Waals surface area contributed by atoms with Crippen molar-refractivity contribution in [1.29, 1.82) is 5.41 Å². The Morgan fingerprint density at radius 3 is 2.78 bits per heavy atom. The van der Waals surface area contributed by atoms with Gasteiger partial charge in [0.1, 0.15) is 0 Å². The zero-order valence-electron chi connectivity index (χ0n) is 9.35. The van der Waals surface area contributed by atoms with Crippen molar-refractivity contribution >= 4 is 44.4 Å². The quantitative estimate of drug-likeness (QED) is 0.504. The molecule has 0 saturated carbocycles. The molecule has 1 aliphatic carbocycles. The van der Waals surface area contributed by atoms with E-state index in [4.69, 9.17) is 17.0 Å². The van der Waals surface area contributed by atoms with Gasteiger partial charge in [-0.25, -0.2) is 4.99 Å². The fourth-order valence-electron chi connectivity index (χ4n) is 2.05. The highest BCUT2D eigenvalue weighted by molar-refractivity contribution is 7.21. The van der Waals surface area contributed by atoms with E-state index in [9.17, 15) is 0 Å². The monoisotopic (exact) mass is 272 g/mol. The van der Waals surface area contributed by atoms with E-state index in [0.29, 0.717) is 5.36 Å². The molecule has 0 aromatic heterocycles. The molecule has 0 fully saturated rings. The van der Waals surface area contributed by atoms with Gasteiger partial charge < -0.3 is 5.41 Å². The van der Waals surface area contributed by atoms with E-state index in [1.165, 1.54) is 5.67 Å². The number of halogens is 1. The van der Waals surface area contributed by atoms with Crippen LogP contribution in [-0.2, 0) is 0 Å². The van der Waals surface area contributed by atoms with E-state index in [-0.39, 0.29) is 0 Å². The summed E-state index contributed by atoms with van der Waals surface area (Å²) >= 11 is 7.31. The molecule has 2 nitrogen and oxygen atoms in total. The standard InChI is InChI=1S/C14H9ClN2S/c15-8-17-14-9-4-1-2-6-11(9)18-12-7-3-5-10(16)13(12)14/h1-8,16H. The van der Waals surface area contributed by atoms with Crippen molar-refractivity contribution in [3.63, 3.8) is 0 Å². The van der Waals surface area contributed by atoms with Gasteiger partial charge in [0.2, 0.25) is 0 Å². The van der Waals surface area contributed by atoms with Crippen LogP contribution < -0.4 is 5.36 Å². The second kappa shape index (κ2) is 4.52. The van der Waals surface area contributed by atoms with Gasteiger partial charge in [0, 0.05) is 20.5 Å². The molecule has 1 heterocycles. The summed E-state index contributed by atoms with van der Waals surface area (Å²) in [4.78, 5) is 5.31. The van der Waals surface area contributed by atoms with Gasteiger partial charge in [0.25, 0.3) is 0 Å². The number of benzene rings is 2. The maximum atomic E-state index is 8.05. The van der Waals surface area contributed by atoms with Gasteiger partial charge >= 0.3 is 0 Å². The van der Waals surface area contributed by atoms with Crippen LogP contribution in [-0.4, -0.2) is 5.67 Å². The smallest absolute Gasteiger partial charge is 0.0934 e. The third-order valence-corrected chi connectivity index (χ3v) is 4.04. The lowest BCUT2D eigenvalue weighted by molar-refractivity contribution is 1.28. The topological polar surface area (TPSA) is 36.2 Å². The van der Waals surface area contributed by atoms with Crippen molar-refractivity contribution in [1.82, 2.24) is 0 Å². The Hall–Kier alpha value is -1.71. The maximum absolute atomic E-state index is 8.05. The minimum atomic E-state index is 0.478. The molecule has 0 unspecified atom stereocenters. The van der Waals surface area contributed by atoms with Crippen LogP contribution in [0.3, 0.4) is 0 Å². The first-order chi connectivity index (χ1) is 8.81. The Morgan fingerprint density at radius 1 is 1.11 bits per heavy atom. The van der Waals surface area contributed by atoms with Crippen molar-refractivity contribution in [3.8, 4) is 10.4 Å². The number of nitrogens with one attached hydrogen (secondary N) is 1. The number of rotatable bonds is 1. The first-order valence-electron chi connectivity index (χ1n) is 5.43. The summed E-state index contributed by atoms with van der Waals surface area (Å²) in [6, 6.07) is 13.7. The number of hydrogen-bond acceptors (Lipinski definition) is 3. The summed E-state index contributed by atoms with van der Waals surface area (Å²) in [5, 5.41) is 9.56. The van der Waals surface area contributed by atoms with Crippen LogP contribution in [0.1, 0.15) is 0 Å². The Balaban J connectivity index is 2.60. The predicted octanol–water partition coefficient (Wildman–Crippen LogP) is 4.38. The summed E-state index contributed by atoms with van der Waals surface area (Å²) < 4.78 is 1.15. The van der Waals surface area contributed by atoms with Gasteiger partial charge in [-0.15, -0.1) is 11.3 Å². The van der Waals surface area contributed by atoms with Crippen LogP contribution in [0, 0.1) is 5.41 Å². The third kappa shape index (κ3) is 1.72. The lowest BCUT2D eigenvalue weighted by atomic mass is 10.1. The van der Waals surface area contributed by atoms with E-state index >= 15 is 0 Å². The number of fused-ring (bicyclic) bond motifs is 2. The van der Waals surface area contributed by atoms with E-state index in [1.54, 1.807) is 17.4 Å². The van der Waals surface area contributed by atoms with Crippen molar-refractivity contribution in [2.24, 2.45) is 4.99 Å².